The van der Waals surface area contributed by atoms with Crippen LogP contribution in [0.2, 0.25) is 0 Å². The molecule has 0 atom stereocenters. The van der Waals surface area contributed by atoms with E-state index in [-0.39, 0.29) is 6.61 Å². The number of anilines is 1. The lowest BCUT2D eigenvalue weighted by Crippen LogP contribution is -2.14. The zero-order valence-electron chi connectivity index (χ0n) is 8.51. The maximum atomic E-state index is 9.23. The fraction of sp³-hybridized carbons (Fsp3) is 0.200. The van der Waals surface area contributed by atoms with Crippen LogP contribution < -0.4 is 10.7 Å². The Kier molecular flexibility index (Phi) is 2.74. The summed E-state index contributed by atoms with van der Waals surface area (Å²) in [5, 5.41) is 28.9. The molecule has 0 unspecified atom stereocenters. The highest BCUT2D eigenvalue weighted by atomic mass is 16.5. The third-order valence-electron chi connectivity index (χ3n) is 2.21. The SMILES string of the molecule is N=c1ccc(NCCO)c2ncn(O)cc1-2. The van der Waals surface area contributed by atoms with E-state index in [0.717, 1.165) is 10.4 Å². The molecule has 16 heavy (non-hydrogen) atoms. The van der Waals surface area contributed by atoms with Gasteiger partial charge in [-0.3, -0.25) is 0 Å². The van der Waals surface area contributed by atoms with Crippen LogP contribution in [-0.4, -0.2) is 33.2 Å². The van der Waals surface area contributed by atoms with Crippen LogP contribution in [0, 0.1) is 5.41 Å². The molecule has 0 spiro atoms. The van der Waals surface area contributed by atoms with Gasteiger partial charge in [0.15, 0.2) is 0 Å². The minimum absolute atomic E-state index is 0.0248. The van der Waals surface area contributed by atoms with Gasteiger partial charge in [0.1, 0.15) is 6.33 Å². The average molecular weight is 220 g/mol. The molecule has 0 saturated heterocycles. The summed E-state index contributed by atoms with van der Waals surface area (Å²) < 4.78 is 0.816. The van der Waals surface area contributed by atoms with Crippen molar-refractivity contribution < 1.29 is 10.3 Å². The second kappa shape index (κ2) is 4.19. The number of fused-ring (bicyclic) bond motifs is 1. The highest BCUT2D eigenvalue weighted by molar-refractivity contribution is 5.74. The number of aliphatic hydroxyl groups is 1. The molecule has 84 valence electrons. The molecule has 0 bridgehead atoms. The fourth-order valence-electron chi connectivity index (χ4n) is 1.49. The molecule has 1 aliphatic heterocycles. The van der Waals surface area contributed by atoms with E-state index in [4.69, 9.17) is 10.5 Å². The molecule has 0 radical (unpaired) electrons. The summed E-state index contributed by atoms with van der Waals surface area (Å²) >= 11 is 0. The van der Waals surface area contributed by atoms with E-state index in [0.29, 0.717) is 23.2 Å². The van der Waals surface area contributed by atoms with Crippen LogP contribution in [0.25, 0.3) is 11.3 Å². The van der Waals surface area contributed by atoms with Crippen LogP contribution >= 0.6 is 0 Å². The quantitative estimate of drug-likeness (QED) is 0.552. The maximum absolute atomic E-state index is 9.23. The molecule has 0 fully saturated rings. The number of hydrogen-bond donors (Lipinski definition) is 4. The van der Waals surface area contributed by atoms with Crippen molar-refractivity contribution in [3.05, 3.63) is 30.0 Å². The molecular formula is C10H12N4O2. The minimum Gasteiger partial charge on any atom is -0.428 e. The molecule has 0 amide bonds. The Morgan fingerprint density at radius 3 is 3.00 bits per heavy atom. The largest absolute Gasteiger partial charge is 0.428 e. The van der Waals surface area contributed by atoms with E-state index >= 15 is 0 Å². The van der Waals surface area contributed by atoms with E-state index in [9.17, 15) is 5.21 Å². The Bertz CT molecular complexity index is 523. The summed E-state index contributed by atoms with van der Waals surface area (Å²) in [5.41, 5.74) is 1.89. The van der Waals surface area contributed by atoms with Gasteiger partial charge in [0, 0.05) is 12.1 Å². The van der Waals surface area contributed by atoms with Gasteiger partial charge in [-0.2, -0.15) is 4.73 Å². The number of hydrogen-bond acceptors (Lipinski definition) is 5. The molecule has 2 rings (SSSR count). The maximum Gasteiger partial charge on any atom is 0.132 e. The van der Waals surface area contributed by atoms with E-state index < -0.39 is 0 Å². The van der Waals surface area contributed by atoms with Gasteiger partial charge in [-0.25, -0.2) is 4.98 Å². The first kappa shape index (κ1) is 10.4. The third-order valence-corrected chi connectivity index (χ3v) is 2.21. The zero-order chi connectivity index (χ0) is 11.5. The van der Waals surface area contributed by atoms with E-state index in [1.165, 1.54) is 12.5 Å². The second-order valence-corrected chi connectivity index (χ2v) is 3.33. The van der Waals surface area contributed by atoms with Gasteiger partial charge >= 0.3 is 0 Å². The van der Waals surface area contributed by atoms with E-state index in [1.807, 2.05) is 0 Å². The molecule has 1 aliphatic carbocycles. The predicted octanol–water partition coefficient (Wildman–Crippen LogP) is 0.109. The number of rotatable bonds is 3. The summed E-state index contributed by atoms with van der Waals surface area (Å²) in [6, 6.07) is 3.35. The van der Waals surface area contributed by atoms with Crippen molar-refractivity contribution in [1.29, 1.82) is 5.41 Å². The normalized spacial score (nSPS) is 10.6. The van der Waals surface area contributed by atoms with Crippen LogP contribution in [0.5, 0.6) is 0 Å². The first-order valence-corrected chi connectivity index (χ1v) is 4.82. The Labute approximate surface area is 91.6 Å². The number of aliphatic hydroxyl groups excluding tert-OH is 1. The number of benzene rings is 1. The summed E-state index contributed by atoms with van der Waals surface area (Å²) in [7, 11) is 0. The summed E-state index contributed by atoms with van der Waals surface area (Å²) in [4.78, 5) is 4.04. The molecular weight excluding hydrogens is 208 g/mol. The zero-order valence-corrected chi connectivity index (χ0v) is 8.51. The Hall–Kier alpha value is -2.08. The van der Waals surface area contributed by atoms with Gasteiger partial charge in [-0.15, -0.1) is 0 Å². The molecule has 0 aromatic rings. The lowest BCUT2D eigenvalue weighted by molar-refractivity contribution is 0.181. The first-order valence-electron chi connectivity index (χ1n) is 4.82. The predicted molar refractivity (Wildman–Crippen MR) is 57.5 cm³/mol. The molecule has 1 heterocycles. The summed E-state index contributed by atoms with van der Waals surface area (Å²) in [6.07, 6.45) is 2.68. The monoisotopic (exact) mass is 220 g/mol. The highest BCUT2D eigenvalue weighted by Crippen LogP contribution is 2.23. The van der Waals surface area contributed by atoms with Crippen LogP contribution in [0.15, 0.2) is 24.7 Å². The second-order valence-electron chi connectivity index (χ2n) is 3.33. The molecule has 0 aromatic heterocycles. The van der Waals surface area contributed by atoms with Gasteiger partial charge in [0.05, 0.1) is 29.5 Å². The molecule has 0 saturated carbocycles. The van der Waals surface area contributed by atoms with Gasteiger partial charge in [-0.1, -0.05) is 0 Å². The lowest BCUT2D eigenvalue weighted by Gasteiger charge is -2.12. The van der Waals surface area contributed by atoms with Crippen molar-refractivity contribution in [3.8, 4) is 11.3 Å². The number of nitrogens with one attached hydrogen (secondary N) is 2. The van der Waals surface area contributed by atoms with Crippen molar-refractivity contribution in [3.63, 3.8) is 0 Å². The molecule has 6 heteroatoms. The molecule has 6 nitrogen and oxygen atoms in total. The van der Waals surface area contributed by atoms with Crippen molar-refractivity contribution in [2.45, 2.75) is 0 Å². The summed E-state index contributed by atoms with van der Waals surface area (Å²) in [5.74, 6) is 0. The van der Waals surface area contributed by atoms with Gasteiger partial charge < -0.3 is 21.0 Å². The van der Waals surface area contributed by atoms with E-state index in [2.05, 4.69) is 10.3 Å². The number of aromatic nitrogens is 2. The molecule has 2 aliphatic rings. The first-order chi connectivity index (χ1) is 7.72. The van der Waals surface area contributed by atoms with Gasteiger partial charge in [0.25, 0.3) is 0 Å². The smallest absolute Gasteiger partial charge is 0.132 e. The van der Waals surface area contributed by atoms with Crippen LogP contribution in [0.1, 0.15) is 0 Å². The summed E-state index contributed by atoms with van der Waals surface area (Å²) in [6.45, 7) is 0.444. The minimum atomic E-state index is 0.0248. The van der Waals surface area contributed by atoms with Crippen molar-refractivity contribution in [1.82, 2.24) is 9.71 Å². The Balaban J connectivity index is 2.53. The number of nitrogens with zero attached hydrogens (tertiary/aromatic N) is 2. The van der Waals surface area contributed by atoms with Crippen molar-refractivity contribution >= 4 is 5.69 Å². The van der Waals surface area contributed by atoms with Crippen molar-refractivity contribution in [2.24, 2.45) is 0 Å². The van der Waals surface area contributed by atoms with Crippen LogP contribution in [0.4, 0.5) is 5.69 Å². The highest BCUT2D eigenvalue weighted by Gasteiger charge is 2.10. The topological polar surface area (TPSA) is 94.2 Å². The third kappa shape index (κ3) is 1.82. The van der Waals surface area contributed by atoms with Crippen LogP contribution in [-0.2, 0) is 0 Å². The van der Waals surface area contributed by atoms with Crippen molar-refractivity contribution in [2.75, 3.05) is 18.5 Å². The van der Waals surface area contributed by atoms with E-state index in [1.54, 1.807) is 12.1 Å². The van der Waals surface area contributed by atoms with Gasteiger partial charge in [-0.05, 0) is 12.1 Å². The average Bonchev–Trinajstić information content (AvgIpc) is 2.29. The lowest BCUT2D eigenvalue weighted by atomic mass is 10.1. The Morgan fingerprint density at radius 2 is 2.25 bits per heavy atom. The standard InChI is InChI=1S/C10H12N4O2/c11-8-1-2-9(12-3-4-15)10-7(8)5-14(16)6-13-10/h1-2,5-6,11-12,15-16H,3-4H2. The molecule has 4 N–H and O–H groups in total. The molecule has 0 aromatic carbocycles. The van der Waals surface area contributed by atoms with Crippen LogP contribution in [0.3, 0.4) is 0 Å². The Morgan fingerprint density at radius 1 is 1.44 bits per heavy atom. The fourth-order valence-corrected chi connectivity index (χ4v) is 1.49. The van der Waals surface area contributed by atoms with Gasteiger partial charge in [0.2, 0.25) is 0 Å².